The number of hydrogen-bond donors (Lipinski definition) is 0. The fourth-order valence-corrected chi connectivity index (χ4v) is 4.97. The Morgan fingerprint density at radius 2 is 1.71 bits per heavy atom. The number of aliphatic imine (C=N–C) groups is 1. The monoisotopic (exact) mass is 481 g/mol. The van der Waals surface area contributed by atoms with Crippen molar-refractivity contribution in [3.8, 4) is 0 Å². The third-order valence-corrected chi connectivity index (χ3v) is 6.68. The van der Waals surface area contributed by atoms with Crippen molar-refractivity contribution in [1.29, 1.82) is 0 Å². The van der Waals surface area contributed by atoms with Crippen LogP contribution in [-0.2, 0) is 11.3 Å². The molecule has 3 aliphatic heterocycles. The number of halogens is 1. The third kappa shape index (κ3) is 3.29. The highest BCUT2D eigenvalue weighted by Gasteiger charge is 2.54. The first kappa shape index (κ1) is 20.1. The number of anilines is 1. The van der Waals surface area contributed by atoms with Crippen molar-refractivity contribution in [2.45, 2.75) is 32.6 Å². The van der Waals surface area contributed by atoms with Gasteiger partial charge in [-0.25, -0.2) is 9.79 Å². The van der Waals surface area contributed by atoms with Crippen LogP contribution in [0.4, 0.5) is 10.5 Å². The summed E-state index contributed by atoms with van der Waals surface area (Å²) in [7, 11) is 1.73. The summed E-state index contributed by atoms with van der Waals surface area (Å²) in [6.07, 6.45) is -0.495. The minimum atomic E-state index is -0.495. The van der Waals surface area contributed by atoms with Gasteiger partial charge >= 0.3 is 6.03 Å². The molecule has 7 nitrogen and oxygen atoms in total. The molecule has 2 fully saturated rings. The molecular weight excluding hydrogens is 458 g/mol. The van der Waals surface area contributed by atoms with Gasteiger partial charge in [-0.15, -0.1) is 0 Å². The van der Waals surface area contributed by atoms with Crippen LogP contribution in [0.1, 0.15) is 16.7 Å². The SMILES string of the molecule is Cc1cc(C)cc(N2CCN3C2=NC2C3C(=O)N(Cc3ccc(Br)cc3)C(=O)N2C)c1. The van der Waals surface area contributed by atoms with E-state index in [0.29, 0.717) is 6.54 Å². The number of benzene rings is 2. The molecule has 2 saturated heterocycles. The van der Waals surface area contributed by atoms with Crippen LogP contribution in [0.15, 0.2) is 51.9 Å². The molecule has 3 amide bonds. The molecule has 0 N–H and O–H groups in total. The number of guanidine groups is 1. The van der Waals surface area contributed by atoms with Crippen molar-refractivity contribution in [1.82, 2.24) is 14.7 Å². The van der Waals surface area contributed by atoms with E-state index in [-0.39, 0.29) is 18.5 Å². The van der Waals surface area contributed by atoms with Gasteiger partial charge < -0.3 is 14.7 Å². The Kier molecular flexibility index (Phi) is 4.77. The Hall–Kier alpha value is -2.87. The van der Waals surface area contributed by atoms with Crippen molar-refractivity contribution in [2.75, 3.05) is 25.0 Å². The second-order valence-electron chi connectivity index (χ2n) is 8.42. The number of urea groups is 1. The lowest BCUT2D eigenvalue weighted by Gasteiger charge is -2.40. The number of aryl methyl sites for hydroxylation is 2. The highest BCUT2D eigenvalue weighted by Crippen LogP contribution is 2.34. The van der Waals surface area contributed by atoms with Gasteiger partial charge in [0.25, 0.3) is 5.91 Å². The van der Waals surface area contributed by atoms with Crippen molar-refractivity contribution in [2.24, 2.45) is 4.99 Å². The number of fused-ring (bicyclic) bond motifs is 3. The topological polar surface area (TPSA) is 59.5 Å². The highest BCUT2D eigenvalue weighted by molar-refractivity contribution is 9.10. The molecule has 0 bridgehead atoms. The van der Waals surface area contributed by atoms with E-state index < -0.39 is 12.2 Å². The molecule has 2 unspecified atom stereocenters. The predicted octanol–water partition coefficient (Wildman–Crippen LogP) is 3.35. The summed E-state index contributed by atoms with van der Waals surface area (Å²) >= 11 is 3.42. The zero-order chi connectivity index (χ0) is 21.9. The molecular formula is C23H24BrN5O2. The molecule has 160 valence electrons. The summed E-state index contributed by atoms with van der Waals surface area (Å²) in [5.41, 5.74) is 4.36. The fourth-order valence-electron chi connectivity index (χ4n) is 4.71. The maximum absolute atomic E-state index is 13.5. The van der Waals surface area contributed by atoms with E-state index in [1.807, 2.05) is 24.3 Å². The van der Waals surface area contributed by atoms with E-state index in [0.717, 1.165) is 28.2 Å². The summed E-state index contributed by atoms with van der Waals surface area (Å²) in [4.78, 5) is 38.5. The second kappa shape index (κ2) is 7.37. The maximum atomic E-state index is 13.5. The average Bonchev–Trinajstić information content (AvgIpc) is 3.29. The van der Waals surface area contributed by atoms with Gasteiger partial charge in [0.1, 0.15) is 0 Å². The van der Waals surface area contributed by atoms with E-state index in [9.17, 15) is 9.59 Å². The standard InChI is InChI=1S/C23H24BrN5O2/c1-14-10-15(2)12-18(11-14)27-8-9-28-19-20(25-22(27)28)26(3)23(31)29(21(19)30)13-16-4-6-17(24)7-5-16/h4-7,10-12,19-20H,8-9,13H2,1-3H3. The van der Waals surface area contributed by atoms with E-state index in [1.165, 1.54) is 16.0 Å². The van der Waals surface area contributed by atoms with E-state index in [2.05, 4.69) is 57.8 Å². The van der Waals surface area contributed by atoms with Gasteiger partial charge in [-0.2, -0.15) is 0 Å². The van der Waals surface area contributed by atoms with Gasteiger partial charge in [-0.1, -0.05) is 34.1 Å². The lowest BCUT2D eigenvalue weighted by atomic mass is 10.1. The summed E-state index contributed by atoms with van der Waals surface area (Å²) in [5.74, 6) is 0.593. The van der Waals surface area contributed by atoms with Gasteiger partial charge in [0.2, 0.25) is 5.96 Å². The van der Waals surface area contributed by atoms with Crippen molar-refractivity contribution in [3.05, 3.63) is 63.6 Å². The van der Waals surface area contributed by atoms with Crippen molar-refractivity contribution >= 4 is 39.5 Å². The Bertz CT molecular complexity index is 1080. The number of amides is 3. The second-order valence-corrected chi connectivity index (χ2v) is 9.34. The van der Waals surface area contributed by atoms with E-state index >= 15 is 0 Å². The largest absolute Gasteiger partial charge is 0.328 e. The maximum Gasteiger partial charge on any atom is 0.328 e. The molecule has 0 aromatic heterocycles. The molecule has 0 aliphatic carbocycles. The van der Waals surface area contributed by atoms with Crippen molar-refractivity contribution < 1.29 is 9.59 Å². The van der Waals surface area contributed by atoms with Crippen LogP contribution in [0.25, 0.3) is 0 Å². The average molecular weight is 482 g/mol. The van der Waals surface area contributed by atoms with E-state index in [1.54, 1.807) is 11.9 Å². The summed E-state index contributed by atoms with van der Waals surface area (Å²) in [6.45, 7) is 5.88. The van der Waals surface area contributed by atoms with Gasteiger partial charge in [0.05, 0.1) is 6.54 Å². The van der Waals surface area contributed by atoms with Crippen molar-refractivity contribution in [3.63, 3.8) is 0 Å². The van der Waals surface area contributed by atoms with E-state index in [4.69, 9.17) is 4.99 Å². The Labute approximate surface area is 190 Å². The first-order chi connectivity index (χ1) is 14.8. The first-order valence-corrected chi connectivity index (χ1v) is 11.2. The summed E-state index contributed by atoms with van der Waals surface area (Å²) < 4.78 is 0.960. The Morgan fingerprint density at radius 3 is 2.39 bits per heavy atom. The molecule has 3 heterocycles. The number of carbonyl (C=O) groups is 2. The van der Waals surface area contributed by atoms with Crippen LogP contribution in [0, 0.1) is 13.8 Å². The number of carbonyl (C=O) groups excluding carboxylic acids is 2. The first-order valence-electron chi connectivity index (χ1n) is 10.4. The van der Waals surface area contributed by atoms with Gasteiger partial charge in [-0.3, -0.25) is 9.69 Å². The quantitative estimate of drug-likeness (QED) is 0.674. The molecule has 8 heteroatoms. The molecule has 5 rings (SSSR count). The number of nitrogens with zero attached hydrogens (tertiary/aromatic N) is 5. The zero-order valence-electron chi connectivity index (χ0n) is 17.7. The number of imide groups is 1. The van der Waals surface area contributed by atoms with Crippen LogP contribution in [0.2, 0.25) is 0 Å². The minimum Gasteiger partial charge on any atom is -0.325 e. The van der Waals surface area contributed by atoms with Crippen LogP contribution in [-0.4, -0.2) is 64.9 Å². The fraction of sp³-hybridized carbons (Fsp3) is 0.348. The van der Waals surface area contributed by atoms with Crippen LogP contribution in [0.5, 0.6) is 0 Å². The molecule has 0 saturated carbocycles. The minimum absolute atomic E-state index is 0.183. The van der Waals surface area contributed by atoms with Crippen LogP contribution < -0.4 is 4.90 Å². The number of hydrogen-bond acceptors (Lipinski definition) is 5. The number of likely N-dealkylation sites (N-methyl/N-ethyl adjacent to an activating group) is 1. The summed E-state index contributed by atoms with van der Waals surface area (Å²) in [6, 6.07) is 13.3. The van der Waals surface area contributed by atoms with Gasteiger partial charge in [0, 0.05) is 30.3 Å². The van der Waals surface area contributed by atoms with Crippen LogP contribution >= 0.6 is 15.9 Å². The molecule has 2 atom stereocenters. The Morgan fingerprint density at radius 1 is 1.03 bits per heavy atom. The van der Waals surface area contributed by atoms with Gasteiger partial charge in [-0.05, 0) is 54.8 Å². The lowest BCUT2D eigenvalue weighted by Crippen LogP contribution is -2.64. The Balaban J connectivity index is 1.44. The van der Waals surface area contributed by atoms with Gasteiger partial charge in [0.15, 0.2) is 12.2 Å². The molecule has 31 heavy (non-hydrogen) atoms. The molecule has 2 aromatic carbocycles. The highest BCUT2D eigenvalue weighted by atomic mass is 79.9. The lowest BCUT2D eigenvalue weighted by molar-refractivity contribution is -0.137. The zero-order valence-corrected chi connectivity index (χ0v) is 19.3. The smallest absolute Gasteiger partial charge is 0.325 e. The third-order valence-electron chi connectivity index (χ3n) is 6.15. The predicted molar refractivity (Wildman–Crippen MR) is 123 cm³/mol. The normalized spacial score (nSPS) is 22.8. The molecule has 3 aliphatic rings. The number of rotatable bonds is 3. The molecule has 0 radical (unpaired) electrons. The van der Waals surface area contributed by atoms with Crippen LogP contribution in [0.3, 0.4) is 0 Å². The molecule has 0 spiro atoms. The molecule has 2 aromatic rings. The summed E-state index contributed by atoms with van der Waals surface area (Å²) in [5, 5.41) is 0.